The second-order valence-electron chi connectivity index (χ2n) is 3.75. The molecule has 0 N–H and O–H groups in total. The summed E-state index contributed by atoms with van der Waals surface area (Å²) in [5, 5.41) is 2.20. The van der Waals surface area contributed by atoms with Gasteiger partial charge in [-0.05, 0) is 24.3 Å². The summed E-state index contributed by atoms with van der Waals surface area (Å²) in [5.41, 5.74) is -0.591. The maximum atomic E-state index is 12.4. The van der Waals surface area contributed by atoms with Crippen molar-refractivity contribution in [3.05, 3.63) is 47.0 Å². The molecule has 0 saturated carbocycles. The lowest BCUT2D eigenvalue weighted by atomic mass is 10.1. The number of nitrogens with zero attached hydrogens (tertiary/aromatic N) is 2. The van der Waals surface area contributed by atoms with Gasteiger partial charge in [0.05, 0.1) is 5.56 Å². The molecule has 100 valence electrons. The number of halogens is 3. The van der Waals surface area contributed by atoms with Crippen molar-refractivity contribution in [1.29, 1.82) is 0 Å². The standard InChI is InChI=1S/C12H9F3N2OS/c1-17(11-16-6-7-19-11)10(18)8-2-4-9(5-3-8)12(13,14)15/h2-7H,1H3. The molecule has 0 unspecified atom stereocenters. The van der Waals surface area contributed by atoms with Gasteiger partial charge in [-0.3, -0.25) is 9.69 Å². The largest absolute Gasteiger partial charge is 0.416 e. The number of carbonyl (C=O) groups is 1. The molecular formula is C12H9F3N2OS. The Hall–Kier alpha value is -1.89. The van der Waals surface area contributed by atoms with E-state index in [1.807, 2.05) is 0 Å². The number of benzene rings is 1. The monoisotopic (exact) mass is 286 g/mol. The normalized spacial score (nSPS) is 11.4. The molecule has 19 heavy (non-hydrogen) atoms. The molecule has 0 aliphatic rings. The molecular weight excluding hydrogens is 277 g/mol. The van der Waals surface area contributed by atoms with Gasteiger partial charge in [0.25, 0.3) is 5.91 Å². The molecule has 0 bridgehead atoms. The first-order valence-corrected chi connectivity index (χ1v) is 6.12. The zero-order valence-electron chi connectivity index (χ0n) is 9.81. The summed E-state index contributed by atoms with van der Waals surface area (Å²) in [7, 11) is 1.53. The minimum atomic E-state index is -4.40. The zero-order valence-corrected chi connectivity index (χ0v) is 10.6. The van der Waals surface area contributed by atoms with Crippen LogP contribution in [0.15, 0.2) is 35.8 Å². The molecule has 3 nitrogen and oxygen atoms in total. The third-order valence-electron chi connectivity index (χ3n) is 2.47. The molecule has 2 aromatic rings. The highest BCUT2D eigenvalue weighted by atomic mass is 32.1. The molecule has 0 atom stereocenters. The van der Waals surface area contributed by atoms with E-state index >= 15 is 0 Å². The first-order chi connectivity index (χ1) is 8.89. The van der Waals surface area contributed by atoms with E-state index < -0.39 is 17.6 Å². The van der Waals surface area contributed by atoms with Gasteiger partial charge in [0.1, 0.15) is 0 Å². The summed E-state index contributed by atoms with van der Waals surface area (Å²) in [5.74, 6) is -0.399. The van der Waals surface area contributed by atoms with Crippen molar-refractivity contribution >= 4 is 22.4 Å². The Labute approximate surface area is 111 Å². The Morgan fingerprint density at radius 2 is 1.89 bits per heavy atom. The van der Waals surface area contributed by atoms with Gasteiger partial charge in [0.2, 0.25) is 0 Å². The fourth-order valence-corrected chi connectivity index (χ4v) is 2.07. The van der Waals surface area contributed by atoms with Crippen LogP contribution in [0, 0.1) is 0 Å². The molecule has 0 fully saturated rings. The molecule has 1 aromatic heterocycles. The highest BCUT2D eigenvalue weighted by Gasteiger charge is 2.30. The first-order valence-electron chi connectivity index (χ1n) is 5.24. The third kappa shape index (κ3) is 2.93. The van der Waals surface area contributed by atoms with Crippen molar-refractivity contribution in [2.75, 3.05) is 11.9 Å². The average molecular weight is 286 g/mol. The van der Waals surface area contributed by atoms with E-state index in [1.165, 1.54) is 23.3 Å². The van der Waals surface area contributed by atoms with Crippen molar-refractivity contribution in [3.63, 3.8) is 0 Å². The molecule has 0 spiro atoms. The van der Waals surface area contributed by atoms with Crippen LogP contribution in [-0.2, 0) is 6.18 Å². The third-order valence-corrected chi connectivity index (χ3v) is 3.32. The van der Waals surface area contributed by atoms with E-state index in [0.29, 0.717) is 5.13 Å². The van der Waals surface area contributed by atoms with Gasteiger partial charge in [0.15, 0.2) is 5.13 Å². The number of anilines is 1. The summed E-state index contributed by atoms with van der Waals surface area (Å²) in [6.45, 7) is 0. The van der Waals surface area contributed by atoms with E-state index in [2.05, 4.69) is 4.98 Å². The Bertz CT molecular complexity index is 564. The molecule has 1 amide bonds. The van der Waals surface area contributed by atoms with Crippen LogP contribution in [0.5, 0.6) is 0 Å². The topological polar surface area (TPSA) is 33.2 Å². The highest BCUT2D eigenvalue weighted by Crippen LogP contribution is 2.29. The molecule has 0 aliphatic carbocycles. The Balaban J connectivity index is 2.21. The SMILES string of the molecule is CN(C(=O)c1ccc(C(F)(F)F)cc1)c1nccs1. The molecule has 2 rings (SSSR count). The minimum absolute atomic E-state index is 0.186. The number of hydrogen-bond acceptors (Lipinski definition) is 3. The van der Waals surface area contributed by atoms with Crippen LogP contribution in [0.4, 0.5) is 18.3 Å². The van der Waals surface area contributed by atoms with Crippen LogP contribution in [0.25, 0.3) is 0 Å². The number of hydrogen-bond donors (Lipinski definition) is 0. The van der Waals surface area contributed by atoms with Crippen molar-refractivity contribution < 1.29 is 18.0 Å². The number of aromatic nitrogens is 1. The van der Waals surface area contributed by atoms with Crippen molar-refractivity contribution in [1.82, 2.24) is 4.98 Å². The number of alkyl halides is 3. The van der Waals surface area contributed by atoms with Crippen LogP contribution in [0.1, 0.15) is 15.9 Å². The van der Waals surface area contributed by atoms with Gasteiger partial charge in [-0.15, -0.1) is 11.3 Å². The van der Waals surface area contributed by atoms with Crippen LogP contribution in [-0.4, -0.2) is 17.9 Å². The Kier molecular flexibility index (Phi) is 3.57. The van der Waals surface area contributed by atoms with Gasteiger partial charge in [-0.1, -0.05) is 0 Å². The van der Waals surface area contributed by atoms with Gasteiger partial charge in [-0.25, -0.2) is 4.98 Å². The molecule has 7 heteroatoms. The molecule has 0 saturated heterocycles. The summed E-state index contributed by atoms with van der Waals surface area (Å²) < 4.78 is 37.2. The predicted octanol–water partition coefficient (Wildman–Crippen LogP) is 3.44. The predicted molar refractivity (Wildman–Crippen MR) is 66.3 cm³/mol. The number of amides is 1. The average Bonchev–Trinajstić information content (AvgIpc) is 2.90. The smallest absolute Gasteiger partial charge is 0.287 e. The fraction of sp³-hybridized carbons (Fsp3) is 0.167. The zero-order chi connectivity index (χ0) is 14.0. The van der Waals surface area contributed by atoms with Gasteiger partial charge < -0.3 is 0 Å². The number of rotatable bonds is 2. The summed E-state index contributed by atoms with van der Waals surface area (Å²) in [6.07, 6.45) is -2.85. The van der Waals surface area contributed by atoms with E-state index in [1.54, 1.807) is 11.6 Å². The lowest BCUT2D eigenvalue weighted by molar-refractivity contribution is -0.137. The van der Waals surface area contributed by atoms with E-state index in [0.717, 1.165) is 24.3 Å². The van der Waals surface area contributed by atoms with Gasteiger partial charge in [0, 0.05) is 24.2 Å². The second kappa shape index (κ2) is 5.00. The van der Waals surface area contributed by atoms with Crippen LogP contribution < -0.4 is 4.90 Å². The van der Waals surface area contributed by atoms with Crippen molar-refractivity contribution in [3.8, 4) is 0 Å². The lowest BCUT2D eigenvalue weighted by Gasteiger charge is -2.14. The quantitative estimate of drug-likeness (QED) is 0.847. The molecule has 0 aliphatic heterocycles. The molecule has 1 heterocycles. The fourth-order valence-electron chi connectivity index (χ4n) is 1.46. The summed E-state index contributed by atoms with van der Waals surface area (Å²) in [4.78, 5) is 17.3. The first kappa shape index (κ1) is 13.5. The van der Waals surface area contributed by atoms with E-state index in [4.69, 9.17) is 0 Å². The van der Waals surface area contributed by atoms with Crippen molar-refractivity contribution in [2.24, 2.45) is 0 Å². The maximum absolute atomic E-state index is 12.4. The Morgan fingerprint density at radius 1 is 1.26 bits per heavy atom. The van der Waals surface area contributed by atoms with Crippen LogP contribution >= 0.6 is 11.3 Å². The van der Waals surface area contributed by atoms with Crippen LogP contribution in [0.3, 0.4) is 0 Å². The lowest BCUT2D eigenvalue weighted by Crippen LogP contribution is -2.26. The van der Waals surface area contributed by atoms with E-state index in [-0.39, 0.29) is 5.56 Å². The number of thiazole rings is 1. The highest BCUT2D eigenvalue weighted by molar-refractivity contribution is 7.13. The van der Waals surface area contributed by atoms with Gasteiger partial charge >= 0.3 is 6.18 Å². The second-order valence-corrected chi connectivity index (χ2v) is 4.63. The van der Waals surface area contributed by atoms with Gasteiger partial charge in [-0.2, -0.15) is 13.2 Å². The molecule has 1 aromatic carbocycles. The summed E-state index contributed by atoms with van der Waals surface area (Å²) in [6, 6.07) is 4.11. The minimum Gasteiger partial charge on any atom is -0.287 e. The van der Waals surface area contributed by atoms with E-state index in [9.17, 15) is 18.0 Å². The molecule has 0 radical (unpaired) electrons. The maximum Gasteiger partial charge on any atom is 0.416 e. The van der Waals surface area contributed by atoms with Crippen molar-refractivity contribution in [2.45, 2.75) is 6.18 Å². The number of carbonyl (C=O) groups excluding carboxylic acids is 1. The Morgan fingerprint density at radius 3 is 2.37 bits per heavy atom. The van der Waals surface area contributed by atoms with Crippen LogP contribution in [0.2, 0.25) is 0 Å². The summed E-state index contributed by atoms with van der Waals surface area (Å²) >= 11 is 1.28.